The van der Waals surface area contributed by atoms with Crippen LogP contribution in [0.15, 0.2) is 6.07 Å². The fourth-order valence-corrected chi connectivity index (χ4v) is 3.04. The number of anilines is 1. The molecule has 2 aromatic rings. The molecule has 0 aliphatic rings. The summed E-state index contributed by atoms with van der Waals surface area (Å²) < 4.78 is 0. The predicted octanol–water partition coefficient (Wildman–Crippen LogP) is 3.48. The summed E-state index contributed by atoms with van der Waals surface area (Å²) in [6.45, 7) is 4.69. The molecule has 19 heavy (non-hydrogen) atoms. The van der Waals surface area contributed by atoms with Gasteiger partial charge in [-0.05, 0) is 43.9 Å². The Balaban J connectivity index is 2.14. The predicted molar refractivity (Wildman–Crippen MR) is 81.2 cm³/mol. The third-order valence-electron chi connectivity index (χ3n) is 2.86. The van der Waals surface area contributed by atoms with Crippen molar-refractivity contribution in [3.05, 3.63) is 16.2 Å². The van der Waals surface area contributed by atoms with Gasteiger partial charge in [-0.1, -0.05) is 6.92 Å². The number of aryl methyl sites for hydroxylation is 1. The zero-order valence-corrected chi connectivity index (χ0v) is 12.7. The van der Waals surface area contributed by atoms with E-state index in [1.807, 2.05) is 0 Å². The van der Waals surface area contributed by atoms with Crippen LogP contribution < -0.4 is 5.32 Å². The molecule has 0 amide bonds. The van der Waals surface area contributed by atoms with Gasteiger partial charge in [-0.15, -0.1) is 11.3 Å². The van der Waals surface area contributed by atoms with Gasteiger partial charge in [0.05, 0.1) is 11.5 Å². The van der Waals surface area contributed by atoms with Gasteiger partial charge < -0.3 is 10.4 Å². The number of aliphatic hydroxyl groups excluding tert-OH is 1. The average molecular weight is 300 g/mol. The Bertz CT molecular complexity index is 556. The van der Waals surface area contributed by atoms with Gasteiger partial charge in [-0.3, -0.25) is 0 Å². The van der Waals surface area contributed by atoms with Gasteiger partial charge in [-0.25, -0.2) is 9.97 Å². The number of aliphatic hydroxyl groups is 1. The maximum Gasteiger partial charge on any atom is 0.225 e. The first kappa shape index (κ1) is 14.5. The van der Waals surface area contributed by atoms with Crippen LogP contribution in [-0.2, 0) is 6.42 Å². The first-order valence-corrected chi connectivity index (χ1v) is 7.67. The topological polar surface area (TPSA) is 58.0 Å². The number of nitrogens with zero attached hydrogens (tertiary/aromatic N) is 2. The zero-order chi connectivity index (χ0) is 13.8. The number of hydrogen-bond acceptors (Lipinski definition) is 5. The maximum absolute atomic E-state index is 9.23. The fraction of sp³-hybridized carbons (Fsp3) is 0.538. The van der Waals surface area contributed by atoms with Gasteiger partial charge in [0.1, 0.15) is 10.6 Å². The molecule has 0 spiro atoms. The largest absolute Gasteiger partial charge is 0.393 e. The summed E-state index contributed by atoms with van der Waals surface area (Å²) in [5, 5.41) is 13.8. The fourth-order valence-electron chi connectivity index (χ4n) is 1.86. The summed E-state index contributed by atoms with van der Waals surface area (Å²) in [6.07, 6.45) is 2.40. The van der Waals surface area contributed by atoms with Crippen LogP contribution in [0.2, 0.25) is 5.28 Å². The number of halogens is 1. The van der Waals surface area contributed by atoms with Crippen LogP contribution in [0.5, 0.6) is 0 Å². The summed E-state index contributed by atoms with van der Waals surface area (Å²) >= 11 is 7.60. The quantitative estimate of drug-likeness (QED) is 0.633. The SMILES string of the molecule is CCc1cc2c(NCCCC(C)O)nc(Cl)nc2s1. The number of hydrogen-bond donors (Lipinski definition) is 2. The summed E-state index contributed by atoms with van der Waals surface area (Å²) in [4.78, 5) is 10.7. The van der Waals surface area contributed by atoms with Crippen molar-refractivity contribution in [2.24, 2.45) is 0 Å². The van der Waals surface area contributed by atoms with E-state index in [9.17, 15) is 5.11 Å². The summed E-state index contributed by atoms with van der Waals surface area (Å²) in [5.74, 6) is 0.788. The second-order valence-electron chi connectivity index (χ2n) is 4.54. The molecule has 6 heteroatoms. The van der Waals surface area contributed by atoms with E-state index < -0.39 is 0 Å². The van der Waals surface area contributed by atoms with Gasteiger partial charge in [-0.2, -0.15) is 0 Å². The van der Waals surface area contributed by atoms with E-state index in [-0.39, 0.29) is 11.4 Å². The normalized spacial score (nSPS) is 12.8. The van der Waals surface area contributed by atoms with Crippen LogP contribution in [-0.4, -0.2) is 27.7 Å². The van der Waals surface area contributed by atoms with E-state index in [0.717, 1.165) is 41.8 Å². The Morgan fingerprint density at radius 2 is 2.26 bits per heavy atom. The number of nitrogens with one attached hydrogen (secondary N) is 1. The third-order valence-corrected chi connectivity index (χ3v) is 4.20. The van der Waals surface area contributed by atoms with Gasteiger partial charge in [0.2, 0.25) is 5.28 Å². The standard InChI is InChI=1S/C13H18ClN3OS/c1-3-9-7-10-11(15-6-4-5-8(2)18)16-13(14)17-12(10)19-9/h7-8,18H,3-6H2,1-2H3,(H,15,16,17). The molecule has 0 saturated heterocycles. The van der Waals surface area contributed by atoms with Crippen molar-refractivity contribution in [3.8, 4) is 0 Å². The molecule has 1 unspecified atom stereocenters. The molecular formula is C13H18ClN3OS. The van der Waals surface area contributed by atoms with Crippen molar-refractivity contribution < 1.29 is 5.11 Å². The monoisotopic (exact) mass is 299 g/mol. The Morgan fingerprint density at radius 3 is 2.95 bits per heavy atom. The van der Waals surface area contributed by atoms with Crippen LogP contribution >= 0.6 is 22.9 Å². The van der Waals surface area contributed by atoms with Gasteiger partial charge in [0.25, 0.3) is 0 Å². The highest BCUT2D eigenvalue weighted by Crippen LogP contribution is 2.30. The molecule has 2 rings (SSSR count). The van der Waals surface area contributed by atoms with Crippen molar-refractivity contribution in [3.63, 3.8) is 0 Å². The molecule has 0 radical (unpaired) electrons. The Morgan fingerprint density at radius 1 is 1.47 bits per heavy atom. The van der Waals surface area contributed by atoms with E-state index in [2.05, 4.69) is 28.3 Å². The molecule has 0 aromatic carbocycles. The molecule has 2 N–H and O–H groups in total. The van der Waals surface area contributed by atoms with E-state index in [0.29, 0.717) is 0 Å². The molecule has 0 bridgehead atoms. The van der Waals surface area contributed by atoms with Crippen molar-refractivity contribution >= 4 is 39.0 Å². The summed E-state index contributed by atoms with van der Waals surface area (Å²) in [7, 11) is 0. The van der Waals surface area contributed by atoms with Crippen molar-refractivity contribution in [2.75, 3.05) is 11.9 Å². The maximum atomic E-state index is 9.23. The van der Waals surface area contributed by atoms with Gasteiger partial charge >= 0.3 is 0 Å². The van der Waals surface area contributed by atoms with Gasteiger partial charge in [0, 0.05) is 11.4 Å². The molecule has 104 valence electrons. The van der Waals surface area contributed by atoms with E-state index in [1.165, 1.54) is 4.88 Å². The lowest BCUT2D eigenvalue weighted by Crippen LogP contribution is -2.08. The molecule has 2 heterocycles. The number of fused-ring (bicyclic) bond motifs is 1. The average Bonchev–Trinajstić information content (AvgIpc) is 2.77. The van der Waals surface area contributed by atoms with Crippen LogP contribution in [0, 0.1) is 0 Å². The molecule has 0 aliphatic carbocycles. The van der Waals surface area contributed by atoms with E-state index >= 15 is 0 Å². The van der Waals surface area contributed by atoms with Crippen LogP contribution in [0.25, 0.3) is 10.2 Å². The first-order valence-electron chi connectivity index (χ1n) is 6.48. The smallest absolute Gasteiger partial charge is 0.225 e. The van der Waals surface area contributed by atoms with Crippen molar-refractivity contribution in [1.82, 2.24) is 9.97 Å². The second-order valence-corrected chi connectivity index (χ2v) is 6.00. The van der Waals surface area contributed by atoms with Crippen LogP contribution in [0.3, 0.4) is 0 Å². The van der Waals surface area contributed by atoms with E-state index in [1.54, 1.807) is 18.3 Å². The Kier molecular flexibility index (Phi) is 4.96. The summed E-state index contributed by atoms with van der Waals surface area (Å²) in [6, 6.07) is 2.12. The second kappa shape index (κ2) is 6.50. The number of aromatic nitrogens is 2. The lowest BCUT2D eigenvalue weighted by molar-refractivity contribution is 0.183. The number of thiophene rings is 1. The lowest BCUT2D eigenvalue weighted by Gasteiger charge is -2.07. The van der Waals surface area contributed by atoms with E-state index in [4.69, 9.17) is 11.6 Å². The molecule has 0 fully saturated rings. The highest BCUT2D eigenvalue weighted by molar-refractivity contribution is 7.18. The Hall–Kier alpha value is -0.910. The molecule has 1 atom stereocenters. The van der Waals surface area contributed by atoms with Gasteiger partial charge in [0.15, 0.2) is 0 Å². The lowest BCUT2D eigenvalue weighted by atomic mass is 10.2. The highest BCUT2D eigenvalue weighted by Gasteiger charge is 2.10. The third kappa shape index (κ3) is 3.78. The Labute approximate surface area is 121 Å². The molecule has 2 aromatic heterocycles. The minimum Gasteiger partial charge on any atom is -0.393 e. The molecular weight excluding hydrogens is 282 g/mol. The summed E-state index contributed by atoms with van der Waals surface area (Å²) in [5.41, 5.74) is 0. The minimum atomic E-state index is -0.261. The number of rotatable bonds is 6. The molecule has 0 aliphatic heterocycles. The minimum absolute atomic E-state index is 0.261. The van der Waals surface area contributed by atoms with Crippen LogP contribution in [0.1, 0.15) is 31.6 Å². The highest BCUT2D eigenvalue weighted by atomic mass is 35.5. The first-order chi connectivity index (χ1) is 9.10. The molecule has 0 saturated carbocycles. The van der Waals surface area contributed by atoms with Crippen LogP contribution in [0.4, 0.5) is 5.82 Å². The molecule has 4 nitrogen and oxygen atoms in total. The van der Waals surface area contributed by atoms with Crippen molar-refractivity contribution in [1.29, 1.82) is 0 Å². The van der Waals surface area contributed by atoms with Crippen molar-refractivity contribution in [2.45, 2.75) is 39.2 Å². The zero-order valence-electron chi connectivity index (χ0n) is 11.1.